The Morgan fingerprint density at radius 3 is 2.17 bits per heavy atom. The molecule has 0 bridgehead atoms. The van der Waals surface area contributed by atoms with Gasteiger partial charge in [0.25, 0.3) is 0 Å². The Hall–Kier alpha value is -0.530. The zero-order valence-electron chi connectivity index (χ0n) is 6.33. The number of aldehydes is 1. The predicted molar refractivity (Wildman–Crippen MR) is 37.1 cm³/mol. The maximum absolute atomic E-state index is 10.2. The van der Waals surface area contributed by atoms with Gasteiger partial charge in [-0.3, -0.25) is 0 Å². The van der Waals surface area contributed by atoms with Crippen LogP contribution in [0.5, 0.6) is 0 Å². The van der Waals surface area contributed by atoms with Gasteiger partial charge in [0.05, 0.1) is 13.2 Å². The fourth-order valence-electron chi connectivity index (χ4n) is 0.542. The van der Waals surface area contributed by atoms with E-state index in [0.29, 0.717) is 0 Å². The summed E-state index contributed by atoms with van der Waals surface area (Å²) in [6, 6.07) is 0. The number of hydrogen-bond acceptors (Lipinski definition) is 6. The number of aliphatic hydroxyl groups excluding tert-OH is 4. The molecular weight excluding hydrogens is 168 g/mol. The molecule has 0 saturated carbocycles. The van der Waals surface area contributed by atoms with Crippen LogP contribution < -0.4 is 0 Å². The first-order valence-corrected chi connectivity index (χ1v) is 3.34. The van der Waals surface area contributed by atoms with Crippen molar-refractivity contribution in [1.82, 2.24) is 0 Å². The Balaban J connectivity index is 3.89. The molecule has 0 amide bonds. The summed E-state index contributed by atoms with van der Waals surface area (Å²) in [5.74, 6) is 0. The number of rotatable bonds is 6. The van der Waals surface area contributed by atoms with E-state index >= 15 is 0 Å². The van der Waals surface area contributed by atoms with E-state index < -0.39 is 31.7 Å². The Bertz CT molecular complexity index is 127. The molecule has 72 valence electrons. The molecule has 0 saturated heterocycles. The van der Waals surface area contributed by atoms with Gasteiger partial charge >= 0.3 is 0 Å². The highest BCUT2D eigenvalue weighted by atomic mass is 16.6. The lowest BCUT2D eigenvalue weighted by atomic mass is 10.2. The molecule has 0 aromatic rings. The molecule has 0 spiro atoms. The molecule has 0 aromatic carbocycles. The highest BCUT2D eigenvalue weighted by Gasteiger charge is 2.21. The smallest absolute Gasteiger partial charge is 0.178 e. The molecule has 0 radical (unpaired) electrons. The van der Waals surface area contributed by atoms with Crippen LogP contribution in [0.3, 0.4) is 0 Å². The normalized spacial score (nSPS) is 18.3. The first-order valence-electron chi connectivity index (χ1n) is 3.34. The summed E-state index contributed by atoms with van der Waals surface area (Å²) in [5, 5.41) is 34.2. The minimum absolute atomic E-state index is 0.236. The molecule has 6 heteroatoms. The number of carbonyl (C=O) groups excluding carboxylic acids is 1. The first-order chi connectivity index (χ1) is 5.65. The maximum atomic E-state index is 10.2. The van der Waals surface area contributed by atoms with Crippen molar-refractivity contribution in [1.29, 1.82) is 0 Å². The third-order valence-electron chi connectivity index (χ3n) is 1.17. The summed E-state index contributed by atoms with van der Waals surface area (Å²) in [5.41, 5.74) is 0. The third-order valence-corrected chi connectivity index (χ3v) is 1.17. The van der Waals surface area contributed by atoms with Crippen molar-refractivity contribution in [3.63, 3.8) is 0 Å². The summed E-state index contributed by atoms with van der Waals surface area (Å²) >= 11 is 0. The molecule has 0 heterocycles. The number of aliphatic hydroxyl groups is 4. The molecule has 0 rings (SSSR count). The third kappa shape index (κ3) is 3.74. The van der Waals surface area contributed by atoms with Crippen LogP contribution in [0, 0.1) is 0 Å². The topological polar surface area (TPSA) is 107 Å². The van der Waals surface area contributed by atoms with Crippen molar-refractivity contribution in [2.75, 3.05) is 13.2 Å². The minimum Gasteiger partial charge on any atom is -0.394 e. The summed E-state index contributed by atoms with van der Waals surface area (Å²) in [4.78, 5) is 10.2. The van der Waals surface area contributed by atoms with E-state index in [1.54, 1.807) is 0 Å². The van der Waals surface area contributed by atoms with Gasteiger partial charge in [-0.2, -0.15) is 0 Å². The largest absolute Gasteiger partial charge is 0.394 e. The van der Waals surface area contributed by atoms with Gasteiger partial charge in [-0.15, -0.1) is 0 Å². The van der Waals surface area contributed by atoms with Crippen LogP contribution in [-0.2, 0) is 9.53 Å². The molecule has 12 heavy (non-hydrogen) atoms. The molecular formula is C6H12O6. The van der Waals surface area contributed by atoms with Gasteiger partial charge in [-0.05, 0) is 0 Å². The number of hydrogen-bond donors (Lipinski definition) is 4. The summed E-state index contributed by atoms with van der Waals surface area (Å²) in [6.45, 7) is -1.33. The standard InChI is InChI=1S/C6H12O6/c7-1-4(10)5(2-8)12-6(11)3-9/h2,4-7,9-11H,1,3H2/t4-,5?,6+/m0/s1. The first kappa shape index (κ1) is 11.5. The monoisotopic (exact) mass is 180 g/mol. The van der Waals surface area contributed by atoms with E-state index in [1.165, 1.54) is 0 Å². The van der Waals surface area contributed by atoms with Crippen LogP contribution in [-0.4, -0.2) is 58.4 Å². The van der Waals surface area contributed by atoms with Crippen molar-refractivity contribution >= 4 is 6.29 Å². The van der Waals surface area contributed by atoms with Gasteiger partial charge in [0.1, 0.15) is 12.2 Å². The molecule has 0 aliphatic rings. The average Bonchev–Trinajstić information content (AvgIpc) is 2.12. The van der Waals surface area contributed by atoms with Crippen molar-refractivity contribution < 1.29 is 30.0 Å². The summed E-state index contributed by atoms with van der Waals surface area (Å²) < 4.78 is 4.43. The van der Waals surface area contributed by atoms with Gasteiger partial charge in [0, 0.05) is 0 Å². The molecule has 0 fully saturated rings. The molecule has 6 nitrogen and oxygen atoms in total. The van der Waals surface area contributed by atoms with E-state index in [-0.39, 0.29) is 6.29 Å². The van der Waals surface area contributed by atoms with Gasteiger partial charge in [0.15, 0.2) is 12.6 Å². The summed E-state index contributed by atoms with van der Waals surface area (Å²) in [7, 11) is 0. The van der Waals surface area contributed by atoms with Gasteiger partial charge in [-0.25, -0.2) is 0 Å². The van der Waals surface area contributed by atoms with Crippen LogP contribution in [0.25, 0.3) is 0 Å². The highest BCUT2D eigenvalue weighted by molar-refractivity contribution is 5.57. The quantitative estimate of drug-likeness (QED) is 0.260. The van der Waals surface area contributed by atoms with Gasteiger partial charge in [-0.1, -0.05) is 0 Å². The lowest BCUT2D eigenvalue weighted by Gasteiger charge is -2.18. The SMILES string of the molecule is O=CC(O[C@@H](O)CO)[C@@H](O)CO. The van der Waals surface area contributed by atoms with Crippen molar-refractivity contribution in [2.45, 2.75) is 18.5 Å². The van der Waals surface area contributed by atoms with Crippen molar-refractivity contribution in [3.8, 4) is 0 Å². The Kier molecular flexibility index (Phi) is 5.77. The molecule has 3 atom stereocenters. The van der Waals surface area contributed by atoms with Crippen LogP contribution >= 0.6 is 0 Å². The molecule has 0 aromatic heterocycles. The Morgan fingerprint density at radius 2 is 1.83 bits per heavy atom. The fraction of sp³-hybridized carbons (Fsp3) is 0.833. The molecule has 0 aliphatic heterocycles. The fourth-order valence-corrected chi connectivity index (χ4v) is 0.542. The predicted octanol–water partition coefficient (Wildman–Crippen LogP) is -2.77. The van der Waals surface area contributed by atoms with Gasteiger partial charge < -0.3 is 30.0 Å². The Morgan fingerprint density at radius 1 is 1.25 bits per heavy atom. The van der Waals surface area contributed by atoms with Crippen LogP contribution in [0.1, 0.15) is 0 Å². The second-order valence-corrected chi connectivity index (χ2v) is 2.12. The van der Waals surface area contributed by atoms with E-state index in [4.69, 9.17) is 20.4 Å². The molecule has 0 aliphatic carbocycles. The Labute approximate surface area is 69.0 Å². The second kappa shape index (κ2) is 6.04. The zero-order valence-corrected chi connectivity index (χ0v) is 6.33. The average molecular weight is 180 g/mol. The van der Waals surface area contributed by atoms with E-state index in [9.17, 15) is 4.79 Å². The van der Waals surface area contributed by atoms with Crippen LogP contribution in [0.15, 0.2) is 0 Å². The summed E-state index contributed by atoms with van der Waals surface area (Å²) in [6.07, 6.45) is -4.00. The second-order valence-electron chi connectivity index (χ2n) is 2.12. The zero-order chi connectivity index (χ0) is 9.56. The van der Waals surface area contributed by atoms with E-state index in [2.05, 4.69) is 4.74 Å². The van der Waals surface area contributed by atoms with E-state index in [0.717, 1.165) is 0 Å². The van der Waals surface area contributed by atoms with E-state index in [1.807, 2.05) is 0 Å². The minimum atomic E-state index is -1.53. The highest BCUT2D eigenvalue weighted by Crippen LogP contribution is 1.99. The maximum Gasteiger partial charge on any atom is 0.178 e. The van der Waals surface area contributed by atoms with Crippen molar-refractivity contribution in [3.05, 3.63) is 0 Å². The number of ether oxygens (including phenoxy) is 1. The van der Waals surface area contributed by atoms with Crippen LogP contribution in [0.4, 0.5) is 0 Å². The van der Waals surface area contributed by atoms with Crippen LogP contribution in [0.2, 0.25) is 0 Å². The van der Waals surface area contributed by atoms with Crippen molar-refractivity contribution in [2.24, 2.45) is 0 Å². The van der Waals surface area contributed by atoms with Gasteiger partial charge in [0.2, 0.25) is 0 Å². The lowest BCUT2D eigenvalue weighted by Crippen LogP contribution is -2.37. The molecule has 1 unspecified atom stereocenters. The number of carbonyl (C=O) groups is 1. The molecule has 4 N–H and O–H groups in total. The lowest BCUT2D eigenvalue weighted by molar-refractivity contribution is -0.182.